The number of thioether (sulfide) groups is 1. The van der Waals surface area contributed by atoms with E-state index in [9.17, 15) is 9.59 Å². The van der Waals surface area contributed by atoms with Crippen molar-refractivity contribution in [1.82, 2.24) is 0 Å². The first-order chi connectivity index (χ1) is 18.3. The van der Waals surface area contributed by atoms with Crippen LogP contribution in [-0.4, -0.2) is 36.5 Å². The maximum atomic E-state index is 13.1. The number of anilines is 2. The van der Waals surface area contributed by atoms with E-state index in [1.54, 1.807) is 60.7 Å². The third-order valence-electron chi connectivity index (χ3n) is 5.25. The van der Waals surface area contributed by atoms with Crippen molar-refractivity contribution in [2.24, 2.45) is 0 Å². The Morgan fingerprint density at radius 2 is 1.84 bits per heavy atom. The van der Waals surface area contributed by atoms with Gasteiger partial charge in [0.2, 0.25) is 0 Å². The van der Waals surface area contributed by atoms with Gasteiger partial charge in [0.1, 0.15) is 5.75 Å². The van der Waals surface area contributed by atoms with Gasteiger partial charge in [0, 0.05) is 5.02 Å². The standard InChI is InChI=1S/C27H22Cl2N2O5S2/c1-3-35-21-7-5-4-6-19(21)30-25(32)15-36-22-11-8-16(12-23(22)34-2)13-24-26(33)31(27(37)38-24)20-10-9-17(28)14-18(20)29/h4-14H,3,15H2,1-2H3,(H,30,32)/b24-13-. The average Bonchev–Trinajstić information content (AvgIpc) is 3.16. The number of carbonyl (C=O) groups is 2. The van der Waals surface area contributed by atoms with Crippen molar-refractivity contribution in [1.29, 1.82) is 0 Å². The maximum Gasteiger partial charge on any atom is 0.270 e. The number of nitrogens with zero attached hydrogens (tertiary/aromatic N) is 1. The molecular weight excluding hydrogens is 567 g/mol. The third kappa shape index (κ3) is 6.42. The number of rotatable bonds is 9. The van der Waals surface area contributed by atoms with Gasteiger partial charge in [-0.05, 0) is 61.0 Å². The molecule has 0 spiro atoms. The highest BCUT2D eigenvalue weighted by Gasteiger charge is 2.34. The van der Waals surface area contributed by atoms with E-state index >= 15 is 0 Å². The Labute approximate surface area is 239 Å². The SMILES string of the molecule is CCOc1ccccc1NC(=O)COc1ccc(/C=C2\SC(=S)N(c3ccc(Cl)cc3Cl)C2=O)cc1OC. The van der Waals surface area contributed by atoms with Gasteiger partial charge >= 0.3 is 0 Å². The topological polar surface area (TPSA) is 77.1 Å². The molecule has 38 heavy (non-hydrogen) atoms. The quantitative estimate of drug-likeness (QED) is 0.217. The van der Waals surface area contributed by atoms with Crippen LogP contribution < -0.4 is 24.4 Å². The van der Waals surface area contributed by atoms with Crippen molar-refractivity contribution < 1.29 is 23.8 Å². The van der Waals surface area contributed by atoms with Crippen LogP contribution in [0.1, 0.15) is 12.5 Å². The number of ether oxygens (including phenoxy) is 3. The van der Waals surface area contributed by atoms with Crippen molar-refractivity contribution in [2.45, 2.75) is 6.92 Å². The molecule has 196 valence electrons. The maximum absolute atomic E-state index is 13.1. The number of carbonyl (C=O) groups excluding carboxylic acids is 2. The molecule has 3 aromatic rings. The van der Waals surface area contributed by atoms with Crippen LogP contribution >= 0.6 is 47.2 Å². The summed E-state index contributed by atoms with van der Waals surface area (Å²) < 4.78 is 17.0. The molecule has 1 fully saturated rings. The molecule has 0 unspecified atom stereocenters. The highest BCUT2D eigenvalue weighted by atomic mass is 35.5. The highest BCUT2D eigenvalue weighted by molar-refractivity contribution is 8.27. The van der Waals surface area contributed by atoms with E-state index in [4.69, 9.17) is 49.6 Å². The number of nitrogens with one attached hydrogen (secondary N) is 1. The molecule has 4 rings (SSSR count). The summed E-state index contributed by atoms with van der Waals surface area (Å²) in [4.78, 5) is 27.4. The molecule has 0 saturated carbocycles. The molecule has 1 N–H and O–H groups in total. The number of methoxy groups -OCH3 is 1. The lowest BCUT2D eigenvalue weighted by molar-refractivity contribution is -0.118. The molecule has 11 heteroatoms. The zero-order chi connectivity index (χ0) is 27.2. The van der Waals surface area contributed by atoms with Crippen LogP contribution in [0.4, 0.5) is 11.4 Å². The van der Waals surface area contributed by atoms with Gasteiger partial charge in [0.25, 0.3) is 11.8 Å². The number of para-hydroxylation sites is 2. The van der Waals surface area contributed by atoms with Crippen molar-refractivity contribution in [3.63, 3.8) is 0 Å². The number of hydrogen-bond acceptors (Lipinski definition) is 7. The molecule has 1 heterocycles. The van der Waals surface area contributed by atoms with Crippen LogP contribution in [0.2, 0.25) is 10.0 Å². The molecule has 0 aliphatic carbocycles. The van der Waals surface area contributed by atoms with Crippen molar-refractivity contribution >= 4 is 80.8 Å². The first kappa shape index (κ1) is 27.8. The fourth-order valence-corrected chi connectivity index (χ4v) is 5.34. The molecule has 0 atom stereocenters. The Kier molecular flexibility index (Phi) is 9.17. The molecular formula is C27H22Cl2N2O5S2. The molecule has 1 saturated heterocycles. The molecule has 0 aromatic heterocycles. The summed E-state index contributed by atoms with van der Waals surface area (Å²) in [6.07, 6.45) is 1.70. The summed E-state index contributed by atoms with van der Waals surface area (Å²) in [5, 5.41) is 3.57. The second kappa shape index (κ2) is 12.5. The number of benzene rings is 3. The van der Waals surface area contributed by atoms with Gasteiger partial charge in [-0.3, -0.25) is 14.5 Å². The van der Waals surface area contributed by atoms with Gasteiger partial charge in [-0.1, -0.05) is 65.4 Å². The Hall–Kier alpha value is -3.24. The lowest BCUT2D eigenvalue weighted by Gasteiger charge is -2.16. The van der Waals surface area contributed by atoms with E-state index in [0.717, 1.165) is 11.8 Å². The number of thiocarbonyl (C=S) groups is 1. The van der Waals surface area contributed by atoms with Gasteiger partial charge < -0.3 is 19.5 Å². The summed E-state index contributed by atoms with van der Waals surface area (Å²) >= 11 is 18.9. The predicted molar refractivity (Wildman–Crippen MR) is 157 cm³/mol. The van der Waals surface area contributed by atoms with Crippen LogP contribution in [0.5, 0.6) is 17.2 Å². The van der Waals surface area contributed by atoms with Gasteiger partial charge in [0.15, 0.2) is 22.4 Å². The average molecular weight is 590 g/mol. The van der Waals surface area contributed by atoms with E-state index < -0.39 is 0 Å². The minimum absolute atomic E-state index is 0.239. The van der Waals surface area contributed by atoms with Crippen molar-refractivity contribution in [3.05, 3.63) is 81.2 Å². The number of amides is 2. The minimum Gasteiger partial charge on any atom is -0.493 e. The summed E-state index contributed by atoms with van der Waals surface area (Å²) in [5.41, 5.74) is 1.71. The second-order valence-electron chi connectivity index (χ2n) is 7.79. The summed E-state index contributed by atoms with van der Waals surface area (Å²) in [5.74, 6) is 0.699. The third-order valence-corrected chi connectivity index (χ3v) is 7.09. The zero-order valence-corrected chi connectivity index (χ0v) is 23.5. The predicted octanol–water partition coefficient (Wildman–Crippen LogP) is 6.82. The molecule has 0 radical (unpaired) electrons. The van der Waals surface area contributed by atoms with E-state index in [2.05, 4.69) is 5.32 Å². The van der Waals surface area contributed by atoms with E-state index in [1.165, 1.54) is 12.0 Å². The Morgan fingerprint density at radius 3 is 2.58 bits per heavy atom. The molecule has 1 aliphatic rings. The summed E-state index contributed by atoms with van der Waals surface area (Å²) in [6, 6.07) is 17.1. The van der Waals surface area contributed by atoms with Gasteiger partial charge in [-0.25, -0.2) is 0 Å². The monoisotopic (exact) mass is 588 g/mol. The normalized spacial score (nSPS) is 14.1. The van der Waals surface area contributed by atoms with Gasteiger partial charge in [-0.15, -0.1) is 0 Å². The largest absolute Gasteiger partial charge is 0.493 e. The van der Waals surface area contributed by atoms with Crippen molar-refractivity contribution in [3.8, 4) is 17.2 Å². The Bertz CT molecular complexity index is 1430. The van der Waals surface area contributed by atoms with Crippen LogP contribution in [0.15, 0.2) is 65.6 Å². The highest BCUT2D eigenvalue weighted by Crippen LogP contribution is 2.40. The van der Waals surface area contributed by atoms with Crippen LogP contribution in [0.25, 0.3) is 6.08 Å². The lowest BCUT2D eigenvalue weighted by atomic mass is 10.2. The first-order valence-corrected chi connectivity index (χ1v) is 13.3. The first-order valence-electron chi connectivity index (χ1n) is 11.4. The molecule has 3 aromatic carbocycles. The van der Waals surface area contributed by atoms with Gasteiger partial charge in [-0.2, -0.15) is 0 Å². The van der Waals surface area contributed by atoms with E-state index in [0.29, 0.717) is 60.1 Å². The lowest BCUT2D eigenvalue weighted by Crippen LogP contribution is -2.27. The summed E-state index contributed by atoms with van der Waals surface area (Å²) in [6.45, 7) is 2.11. The molecule has 2 amide bonds. The van der Waals surface area contributed by atoms with Crippen LogP contribution in [-0.2, 0) is 9.59 Å². The van der Waals surface area contributed by atoms with E-state index in [1.807, 2.05) is 13.0 Å². The summed E-state index contributed by atoms with van der Waals surface area (Å²) in [7, 11) is 1.49. The smallest absolute Gasteiger partial charge is 0.270 e. The number of halogens is 2. The molecule has 1 aliphatic heterocycles. The molecule has 7 nitrogen and oxygen atoms in total. The van der Waals surface area contributed by atoms with Crippen molar-refractivity contribution in [2.75, 3.05) is 30.5 Å². The number of hydrogen-bond donors (Lipinski definition) is 1. The zero-order valence-electron chi connectivity index (χ0n) is 20.3. The fraction of sp³-hybridized carbons (Fsp3) is 0.148. The Balaban J connectivity index is 1.46. The van der Waals surface area contributed by atoms with Crippen LogP contribution in [0.3, 0.4) is 0 Å². The second-order valence-corrected chi connectivity index (χ2v) is 10.3. The van der Waals surface area contributed by atoms with Gasteiger partial charge in [0.05, 0.1) is 35.0 Å². The van der Waals surface area contributed by atoms with E-state index in [-0.39, 0.29) is 18.4 Å². The van der Waals surface area contributed by atoms with Crippen LogP contribution in [0, 0.1) is 0 Å². The molecule has 0 bridgehead atoms. The Morgan fingerprint density at radius 1 is 1.05 bits per heavy atom. The fourth-order valence-electron chi connectivity index (χ4n) is 3.56. The minimum atomic E-state index is -0.354.